The van der Waals surface area contributed by atoms with Crippen molar-refractivity contribution in [2.75, 3.05) is 13.7 Å². The van der Waals surface area contributed by atoms with E-state index in [-0.39, 0.29) is 23.8 Å². The molecule has 0 aliphatic carbocycles. The van der Waals surface area contributed by atoms with Crippen molar-refractivity contribution in [1.29, 1.82) is 0 Å². The summed E-state index contributed by atoms with van der Waals surface area (Å²) in [7, 11) is -2.15. The van der Waals surface area contributed by atoms with Crippen LogP contribution >= 0.6 is 12.4 Å². The first-order valence-electron chi connectivity index (χ1n) is 6.17. The van der Waals surface area contributed by atoms with Crippen LogP contribution in [0.3, 0.4) is 0 Å². The van der Waals surface area contributed by atoms with Crippen molar-refractivity contribution in [3.8, 4) is 5.88 Å². The summed E-state index contributed by atoms with van der Waals surface area (Å²) in [5.74, 6) is 0.370. The fraction of sp³-hybridized carbons (Fsp3) is 0.583. The Bertz CT molecular complexity index is 493. The van der Waals surface area contributed by atoms with Gasteiger partial charge in [0.15, 0.2) is 0 Å². The van der Waals surface area contributed by atoms with Crippen molar-refractivity contribution in [2.45, 2.75) is 37.1 Å². The second-order valence-corrected chi connectivity index (χ2v) is 6.02. The van der Waals surface area contributed by atoms with E-state index in [2.05, 4.69) is 9.71 Å². The van der Waals surface area contributed by atoms with Crippen molar-refractivity contribution >= 4 is 22.4 Å². The van der Waals surface area contributed by atoms with E-state index in [1.54, 1.807) is 0 Å². The number of rotatable bonds is 7. The predicted molar refractivity (Wildman–Crippen MR) is 80.7 cm³/mol. The van der Waals surface area contributed by atoms with Gasteiger partial charge in [-0.05, 0) is 18.9 Å². The maximum Gasteiger partial charge on any atom is 0.242 e. The maximum atomic E-state index is 12.3. The summed E-state index contributed by atoms with van der Waals surface area (Å²) in [4.78, 5) is 4.00. The lowest BCUT2D eigenvalue weighted by Gasteiger charge is -2.30. The number of hydrogen-bond donors (Lipinski definition) is 2. The number of nitrogens with zero attached hydrogens (tertiary/aromatic N) is 1. The van der Waals surface area contributed by atoms with Crippen LogP contribution in [0.2, 0.25) is 0 Å². The zero-order chi connectivity index (χ0) is 14.5. The summed E-state index contributed by atoms with van der Waals surface area (Å²) in [6.45, 7) is 4.07. The van der Waals surface area contributed by atoms with Gasteiger partial charge >= 0.3 is 0 Å². The van der Waals surface area contributed by atoms with Gasteiger partial charge in [-0.25, -0.2) is 18.1 Å². The van der Waals surface area contributed by atoms with Gasteiger partial charge in [0.2, 0.25) is 15.9 Å². The number of aromatic nitrogens is 1. The summed E-state index contributed by atoms with van der Waals surface area (Å²) in [6, 6.07) is 2.97. The Morgan fingerprint density at radius 3 is 2.30 bits per heavy atom. The fourth-order valence-corrected chi connectivity index (χ4v) is 3.21. The highest BCUT2D eigenvalue weighted by Gasteiger charge is 2.30. The second-order valence-electron chi connectivity index (χ2n) is 4.33. The van der Waals surface area contributed by atoms with Crippen molar-refractivity contribution < 1.29 is 13.2 Å². The molecule has 3 N–H and O–H groups in total. The number of methoxy groups -OCH3 is 1. The number of nitrogens with one attached hydrogen (secondary N) is 1. The van der Waals surface area contributed by atoms with Gasteiger partial charge in [0, 0.05) is 18.2 Å². The molecule has 0 aliphatic heterocycles. The van der Waals surface area contributed by atoms with Gasteiger partial charge in [0.05, 0.1) is 13.3 Å². The van der Waals surface area contributed by atoms with Gasteiger partial charge in [0.1, 0.15) is 4.90 Å². The Morgan fingerprint density at radius 2 is 1.95 bits per heavy atom. The Hall–Kier alpha value is -0.890. The van der Waals surface area contributed by atoms with Crippen molar-refractivity contribution in [2.24, 2.45) is 5.73 Å². The standard InChI is InChI=1S/C12H21N3O3S.ClH/c1-4-12(5-2,9-13)15-19(16,17)10-6-7-11(18-3)14-8-10;/h6-8,15H,4-5,9,13H2,1-3H3;1H. The molecule has 1 aromatic rings. The average molecular weight is 324 g/mol. The number of sulfonamides is 1. The number of nitrogens with two attached hydrogens (primary N) is 1. The highest BCUT2D eigenvalue weighted by Crippen LogP contribution is 2.19. The molecule has 0 saturated heterocycles. The van der Waals surface area contributed by atoms with Crippen LogP contribution in [0, 0.1) is 0 Å². The minimum Gasteiger partial charge on any atom is -0.481 e. The van der Waals surface area contributed by atoms with E-state index < -0.39 is 15.6 Å². The van der Waals surface area contributed by atoms with Crippen molar-refractivity contribution in [3.63, 3.8) is 0 Å². The molecule has 0 fully saturated rings. The number of hydrogen-bond acceptors (Lipinski definition) is 5. The van der Waals surface area contributed by atoms with Crippen LogP contribution in [0.1, 0.15) is 26.7 Å². The van der Waals surface area contributed by atoms with Gasteiger partial charge in [-0.3, -0.25) is 0 Å². The molecule has 0 aliphatic rings. The summed E-state index contributed by atoms with van der Waals surface area (Å²) >= 11 is 0. The molecule has 20 heavy (non-hydrogen) atoms. The molecule has 6 nitrogen and oxygen atoms in total. The number of pyridine rings is 1. The maximum absolute atomic E-state index is 12.3. The van der Waals surface area contributed by atoms with Gasteiger partial charge in [-0.2, -0.15) is 0 Å². The van der Waals surface area contributed by atoms with Gasteiger partial charge in [-0.1, -0.05) is 13.8 Å². The van der Waals surface area contributed by atoms with E-state index in [0.29, 0.717) is 18.7 Å². The zero-order valence-electron chi connectivity index (χ0n) is 11.9. The van der Waals surface area contributed by atoms with Crippen LogP contribution in [-0.4, -0.2) is 32.6 Å². The third-order valence-corrected chi connectivity index (χ3v) is 4.89. The summed E-state index contributed by atoms with van der Waals surface area (Å²) in [5.41, 5.74) is 5.08. The van der Waals surface area contributed by atoms with E-state index in [4.69, 9.17) is 10.5 Å². The highest BCUT2D eigenvalue weighted by atomic mass is 35.5. The van der Waals surface area contributed by atoms with E-state index in [1.165, 1.54) is 25.4 Å². The molecule has 1 heterocycles. The Kier molecular flexibility index (Phi) is 7.43. The molecule has 1 rings (SSSR count). The third-order valence-electron chi connectivity index (χ3n) is 3.32. The lowest BCUT2D eigenvalue weighted by molar-refractivity contribution is 0.363. The lowest BCUT2D eigenvalue weighted by atomic mass is 9.95. The van der Waals surface area contributed by atoms with Crippen molar-refractivity contribution in [3.05, 3.63) is 18.3 Å². The van der Waals surface area contributed by atoms with Crippen LogP contribution in [0.4, 0.5) is 0 Å². The van der Waals surface area contributed by atoms with E-state index >= 15 is 0 Å². The number of halogens is 1. The average Bonchev–Trinajstić information content (AvgIpc) is 2.45. The molecule has 116 valence electrons. The van der Waals surface area contributed by atoms with Crippen LogP contribution in [0.15, 0.2) is 23.2 Å². The van der Waals surface area contributed by atoms with E-state index in [1.807, 2.05) is 13.8 Å². The molecule has 0 bridgehead atoms. The minimum atomic E-state index is -3.63. The van der Waals surface area contributed by atoms with Crippen molar-refractivity contribution in [1.82, 2.24) is 9.71 Å². The highest BCUT2D eigenvalue weighted by molar-refractivity contribution is 7.89. The quantitative estimate of drug-likeness (QED) is 0.789. The fourth-order valence-electron chi connectivity index (χ4n) is 1.72. The summed E-state index contributed by atoms with van der Waals surface area (Å²) in [5, 5.41) is 0. The molecule has 0 unspecified atom stereocenters. The first-order chi connectivity index (χ1) is 8.93. The normalized spacial score (nSPS) is 11.8. The molecule has 0 radical (unpaired) electrons. The molecule has 1 aromatic heterocycles. The summed E-state index contributed by atoms with van der Waals surface area (Å²) in [6.07, 6.45) is 2.53. The minimum absolute atomic E-state index is 0. The molecular formula is C12H22ClN3O3S. The Labute approximate surface area is 126 Å². The molecule has 0 amide bonds. The van der Waals surface area contributed by atoms with Gasteiger partial charge in [0.25, 0.3) is 0 Å². The topological polar surface area (TPSA) is 94.3 Å². The van der Waals surface area contributed by atoms with E-state index in [9.17, 15) is 8.42 Å². The van der Waals surface area contributed by atoms with Gasteiger partial charge < -0.3 is 10.5 Å². The molecule has 0 atom stereocenters. The largest absolute Gasteiger partial charge is 0.481 e. The second kappa shape index (κ2) is 7.78. The van der Waals surface area contributed by atoms with Crippen LogP contribution in [0.5, 0.6) is 5.88 Å². The first kappa shape index (κ1) is 19.1. The molecule has 0 aromatic carbocycles. The molecule has 0 saturated carbocycles. The molecule has 0 spiro atoms. The first-order valence-corrected chi connectivity index (χ1v) is 7.65. The van der Waals surface area contributed by atoms with Gasteiger partial charge in [-0.15, -0.1) is 12.4 Å². The van der Waals surface area contributed by atoms with Crippen LogP contribution in [0.25, 0.3) is 0 Å². The smallest absolute Gasteiger partial charge is 0.242 e. The monoisotopic (exact) mass is 323 g/mol. The van der Waals surface area contributed by atoms with Crippen LogP contribution < -0.4 is 15.2 Å². The zero-order valence-corrected chi connectivity index (χ0v) is 13.6. The summed E-state index contributed by atoms with van der Waals surface area (Å²) < 4.78 is 32.1. The molecule has 8 heteroatoms. The third kappa shape index (κ3) is 4.31. The van der Waals surface area contributed by atoms with E-state index in [0.717, 1.165) is 0 Å². The number of ether oxygens (including phenoxy) is 1. The predicted octanol–water partition coefficient (Wildman–Crippen LogP) is 1.31. The Morgan fingerprint density at radius 1 is 1.35 bits per heavy atom. The molecular weight excluding hydrogens is 302 g/mol. The lowest BCUT2D eigenvalue weighted by Crippen LogP contribution is -2.52. The Balaban J connectivity index is 0.00000361. The van der Waals surface area contributed by atoms with Crippen LogP contribution in [-0.2, 0) is 10.0 Å². The SMILES string of the molecule is CCC(CC)(CN)NS(=O)(=O)c1ccc(OC)nc1.Cl.